The Bertz CT molecular complexity index is 547. The first-order valence-electron chi connectivity index (χ1n) is 5.77. The molecule has 2 aromatic rings. The van der Waals surface area contributed by atoms with E-state index in [-0.39, 0.29) is 5.91 Å². The molecule has 5 nitrogen and oxygen atoms in total. The van der Waals surface area contributed by atoms with Crippen molar-refractivity contribution in [2.75, 3.05) is 5.32 Å². The molecular formula is C13H16N4O. The molecule has 1 heterocycles. The van der Waals surface area contributed by atoms with Crippen molar-refractivity contribution in [3.63, 3.8) is 0 Å². The van der Waals surface area contributed by atoms with E-state index in [1.54, 1.807) is 6.07 Å². The van der Waals surface area contributed by atoms with Gasteiger partial charge in [-0.3, -0.25) is 9.89 Å². The molecule has 1 aromatic carbocycles. The minimum Gasteiger partial charge on any atom is -0.326 e. The van der Waals surface area contributed by atoms with E-state index >= 15 is 0 Å². The van der Waals surface area contributed by atoms with E-state index in [4.69, 9.17) is 5.73 Å². The van der Waals surface area contributed by atoms with Crippen LogP contribution in [0.5, 0.6) is 0 Å². The van der Waals surface area contributed by atoms with Gasteiger partial charge in [-0.15, -0.1) is 0 Å². The predicted octanol–water partition coefficient (Wildman–Crippen LogP) is 1.36. The zero-order valence-electron chi connectivity index (χ0n) is 10.2. The Morgan fingerprint density at radius 3 is 2.72 bits per heavy atom. The molecule has 94 valence electrons. The Hall–Kier alpha value is -2.14. The van der Waals surface area contributed by atoms with Gasteiger partial charge in [-0.2, -0.15) is 5.10 Å². The molecule has 0 aliphatic heterocycles. The molecule has 1 amide bonds. The quantitative estimate of drug-likeness (QED) is 0.759. The molecule has 18 heavy (non-hydrogen) atoms. The number of amides is 1. The number of carbonyl (C=O) groups excluding carboxylic acids is 1. The highest BCUT2D eigenvalue weighted by Crippen LogP contribution is 2.10. The number of nitrogens with one attached hydrogen (secondary N) is 2. The van der Waals surface area contributed by atoms with Crippen molar-refractivity contribution in [1.29, 1.82) is 0 Å². The van der Waals surface area contributed by atoms with Crippen molar-refractivity contribution < 1.29 is 4.79 Å². The van der Waals surface area contributed by atoms with E-state index in [1.165, 1.54) is 0 Å². The maximum atomic E-state index is 11.9. The summed E-state index contributed by atoms with van der Waals surface area (Å²) in [4.78, 5) is 11.9. The van der Waals surface area contributed by atoms with Gasteiger partial charge < -0.3 is 11.1 Å². The average molecular weight is 244 g/mol. The molecule has 2 rings (SSSR count). The number of H-pyrrole nitrogens is 1. The number of aryl methyl sites for hydroxylation is 1. The molecule has 0 unspecified atom stereocenters. The highest BCUT2D eigenvalue weighted by atomic mass is 16.1. The Morgan fingerprint density at radius 1 is 1.39 bits per heavy atom. The fraction of sp³-hybridized carbons (Fsp3) is 0.231. The Balaban J connectivity index is 2.03. The van der Waals surface area contributed by atoms with Crippen LogP contribution in [0.25, 0.3) is 0 Å². The van der Waals surface area contributed by atoms with E-state index < -0.39 is 0 Å². The monoisotopic (exact) mass is 244 g/mol. The summed E-state index contributed by atoms with van der Waals surface area (Å²) in [5, 5.41) is 9.47. The van der Waals surface area contributed by atoms with E-state index in [0.29, 0.717) is 18.8 Å². The van der Waals surface area contributed by atoms with Crippen LogP contribution in [-0.4, -0.2) is 16.1 Å². The van der Waals surface area contributed by atoms with Crippen LogP contribution in [0, 0.1) is 6.92 Å². The third kappa shape index (κ3) is 2.95. The number of nitrogens with two attached hydrogens (primary N) is 1. The minimum atomic E-state index is -0.0950. The van der Waals surface area contributed by atoms with Crippen LogP contribution in [0.15, 0.2) is 30.3 Å². The molecule has 4 N–H and O–H groups in total. The van der Waals surface area contributed by atoms with Crippen molar-refractivity contribution >= 4 is 11.7 Å². The van der Waals surface area contributed by atoms with Crippen LogP contribution in [0.1, 0.15) is 16.8 Å². The molecule has 0 atom stereocenters. The van der Waals surface area contributed by atoms with E-state index in [9.17, 15) is 4.79 Å². The van der Waals surface area contributed by atoms with Crippen molar-refractivity contribution in [3.8, 4) is 0 Å². The lowest BCUT2D eigenvalue weighted by atomic mass is 10.0. The highest BCUT2D eigenvalue weighted by Gasteiger charge is 2.08. The molecular weight excluding hydrogens is 228 g/mol. The van der Waals surface area contributed by atoms with Gasteiger partial charge in [0, 0.05) is 18.3 Å². The number of anilines is 1. The molecule has 0 aliphatic carbocycles. The molecule has 5 heteroatoms. The summed E-state index contributed by atoms with van der Waals surface area (Å²) in [6, 6.07) is 9.45. The largest absolute Gasteiger partial charge is 0.326 e. The Kier molecular flexibility index (Phi) is 3.74. The summed E-state index contributed by atoms with van der Waals surface area (Å²) in [6.45, 7) is 2.32. The molecule has 0 aliphatic rings. The highest BCUT2D eigenvalue weighted by molar-refractivity contribution is 5.91. The van der Waals surface area contributed by atoms with Crippen LogP contribution in [-0.2, 0) is 17.8 Å². The first-order valence-corrected chi connectivity index (χ1v) is 5.77. The first kappa shape index (κ1) is 12.3. The van der Waals surface area contributed by atoms with Gasteiger partial charge in [-0.25, -0.2) is 0 Å². The summed E-state index contributed by atoms with van der Waals surface area (Å²) in [7, 11) is 0. The zero-order valence-corrected chi connectivity index (χ0v) is 10.2. The predicted molar refractivity (Wildman–Crippen MR) is 70.0 cm³/mol. The average Bonchev–Trinajstić information content (AvgIpc) is 2.75. The number of carbonyl (C=O) groups is 1. The lowest BCUT2D eigenvalue weighted by Gasteiger charge is -2.06. The van der Waals surface area contributed by atoms with Gasteiger partial charge in [0.2, 0.25) is 5.91 Å². The van der Waals surface area contributed by atoms with Gasteiger partial charge in [-0.1, -0.05) is 24.3 Å². The summed E-state index contributed by atoms with van der Waals surface area (Å²) >= 11 is 0. The Morgan fingerprint density at radius 2 is 2.11 bits per heavy atom. The maximum absolute atomic E-state index is 11.9. The van der Waals surface area contributed by atoms with Crippen LogP contribution in [0.2, 0.25) is 0 Å². The molecule has 0 radical (unpaired) electrons. The number of rotatable bonds is 4. The number of aromatic amines is 1. The van der Waals surface area contributed by atoms with E-state index in [0.717, 1.165) is 16.8 Å². The van der Waals surface area contributed by atoms with Crippen LogP contribution >= 0.6 is 0 Å². The smallest absolute Gasteiger partial charge is 0.230 e. The normalized spacial score (nSPS) is 10.3. The maximum Gasteiger partial charge on any atom is 0.230 e. The number of hydrogen-bond donors (Lipinski definition) is 3. The van der Waals surface area contributed by atoms with Crippen molar-refractivity contribution in [1.82, 2.24) is 10.2 Å². The van der Waals surface area contributed by atoms with Gasteiger partial charge >= 0.3 is 0 Å². The fourth-order valence-corrected chi connectivity index (χ4v) is 1.77. The van der Waals surface area contributed by atoms with Crippen LogP contribution in [0.4, 0.5) is 5.82 Å². The summed E-state index contributed by atoms with van der Waals surface area (Å²) < 4.78 is 0. The zero-order chi connectivity index (χ0) is 13.0. The van der Waals surface area contributed by atoms with Crippen molar-refractivity contribution in [3.05, 3.63) is 47.2 Å². The Labute approximate surface area is 105 Å². The third-order valence-corrected chi connectivity index (χ3v) is 2.66. The second kappa shape index (κ2) is 5.46. The van der Waals surface area contributed by atoms with Gasteiger partial charge in [0.15, 0.2) is 5.82 Å². The van der Waals surface area contributed by atoms with Gasteiger partial charge in [0.05, 0.1) is 6.42 Å². The lowest BCUT2D eigenvalue weighted by molar-refractivity contribution is -0.115. The number of aromatic nitrogens is 2. The van der Waals surface area contributed by atoms with Gasteiger partial charge in [0.1, 0.15) is 0 Å². The van der Waals surface area contributed by atoms with Crippen molar-refractivity contribution in [2.45, 2.75) is 19.9 Å². The van der Waals surface area contributed by atoms with E-state index in [2.05, 4.69) is 15.5 Å². The van der Waals surface area contributed by atoms with Crippen LogP contribution < -0.4 is 11.1 Å². The summed E-state index contributed by atoms with van der Waals surface area (Å²) in [5.74, 6) is 0.449. The first-order chi connectivity index (χ1) is 8.69. The molecule has 0 saturated carbocycles. The molecule has 1 aromatic heterocycles. The molecule has 0 bridgehead atoms. The fourth-order valence-electron chi connectivity index (χ4n) is 1.77. The number of nitrogens with zero attached hydrogens (tertiary/aromatic N) is 1. The second-order valence-electron chi connectivity index (χ2n) is 4.13. The van der Waals surface area contributed by atoms with Crippen LogP contribution in [0.3, 0.4) is 0 Å². The standard InChI is InChI=1S/C13H16N4O/c1-9-6-12(17-16-9)15-13(18)7-10-4-2-3-5-11(10)8-14/h2-6H,7-8,14H2,1H3,(H2,15,16,17,18). The van der Waals surface area contributed by atoms with Gasteiger partial charge in [0.25, 0.3) is 0 Å². The SMILES string of the molecule is Cc1cc(NC(=O)Cc2ccccc2CN)n[nH]1. The van der Waals surface area contributed by atoms with Gasteiger partial charge in [-0.05, 0) is 18.1 Å². The summed E-state index contributed by atoms with van der Waals surface area (Å²) in [5.41, 5.74) is 8.48. The summed E-state index contributed by atoms with van der Waals surface area (Å²) in [6.07, 6.45) is 0.305. The molecule has 0 spiro atoms. The third-order valence-electron chi connectivity index (χ3n) is 2.66. The second-order valence-corrected chi connectivity index (χ2v) is 4.13. The lowest BCUT2D eigenvalue weighted by Crippen LogP contribution is -2.16. The molecule has 0 saturated heterocycles. The number of hydrogen-bond acceptors (Lipinski definition) is 3. The van der Waals surface area contributed by atoms with Crippen molar-refractivity contribution in [2.24, 2.45) is 5.73 Å². The minimum absolute atomic E-state index is 0.0950. The van der Waals surface area contributed by atoms with E-state index in [1.807, 2.05) is 31.2 Å². The number of benzene rings is 1. The molecule has 0 fully saturated rings. The topological polar surface area (TPSA) is 83.8 Å².